The molecule has 0 unspecified atom stereocenters. The first-order valence-corrected chi connectivity index (χ1v) is 5.28. The van der Waals surface area contributed by atoms with Gasteiger partial charge in [0.15, 0.2) is 7.91 Å². The largest absolute Gasteiger partial charge is 1.00 e. The summed E-state index contributed by atoms with van der Waals surface area (Å²) in [5.41, 5.74) is 1.01. The maximum atomic E-state index is 5.14. The molecule has 0 aliphatic heterocycles. The molecule has 0 radical (unpaired) electrons. The predicted molar refractivity (Wildman–Crippen MR) is 60.8 cm³/mol. The van der Waals surface area contributed by atoms with E-state index in [1.165, 1.54) is 11.3 Å². The number of hydrogen-bond donors (Lipinski definition) is 1. The Morgan fingerprint density at radius 1 is 1.21 bits per heavy atom. The number of rotatable bonds is 1. The zero-order valence-corrected chi connectivity index (χ0v) is 13.1. The molecule has 0 atom stereocenters. The molecule has 1 heterocycles. The Morgan fingerprint density at radius 2 is 1.86 bits per heavy atom. The minimum absolute atomic E-state index is 0. The molecule has 0 bridgehead atoms. The van der Waals surface area contributed by atoms with Gasteiger partial charge in [0.2, 0.25) is 0 Å². The van der Waals surface area contributed by atoms with Gasteiger partial charge in [-0.25, -0.2) is 4.68 Å². The molecule has 1 N–H and O–H groups in total. The molecule has 0 saturated heterocycles. The van der Waals surface area contributed by atoms with Gasteiger partial charge >= 0.3 is 51.4 Å². The van der Waals surface area contributed by atoms with Gasteiger partial charge in [0, 0.05) is 0 Å². The van der Waals surface area contributed by atoms with E-state index < -0.39 is 0 Å². The quantitative estimate of drug-likeness (QED) is 0.597. The van der Waals surface area contributed by atoms with Crippen molar-refractivity contribution in [3.05, 3.63) is 38.2 Å². The average molecular weight is 266 g/mol. The SMILES string of the molecule is S=c1[nH]n(-c2ccccc2)c(=S)s1.[H-].[K+]. The molecular weight excluding hydrogens is 259 g/mol. The molecule has 1 aromatic heterocycles. The summed E-state index contributed by atoms with van der Waals surface area (Å²) in [5.74, 6) is 0. The van der Waals surface area contributed by atoms with Crippen LogP contribution >= 0.6 is 35.8 Å². The van der Waals surface area contributed by atoms with Crippen molar-refractivity contribution in [1.82, 2.24) is 9.78 Å². The molecule has 0 saturated carbocycles. The average Bonchev–Trinajstić information content (AvgIpc) is 2.47. The van der Waals surface area contributed by atoms with E-state index in [4.69, 9.17) is 24.4 Å². The number of nitrogens with one attached hydrogen (secondary N) is 1. The summed E-state index contributed by atoms with van der Waals surface area (Å²) in [7, 11) is 0. The van der Waals surface area contributed by atoms with Crippen molar-refractivity contribution in [3.8, 4) is 5.69 Å². The summed E-state index contributed by atoms with van der Waals surface area (Å²) in [4.78, 5) is 0. The summed E-state index contributed by atoms with van der Waals surface area (Å²) in [5, 5.41) is 3.01. The third kappa shape index (κ3) is 2.93. The van der Waals surface area contributed by atoms with Crippen LogP contribution in [0.25, 0.3) is 5.69 Å². The van der Waals surface area contributed by atoms with Crippen molar-refractivity contribution in [2.75, 3.05) is 0 Å². The molecular formula is C8H7KN2S3. The van der Waals surface area contributed by atoms with E-state index in [0.29, 0.717) is 3.95 Å². The fraction of sp³-hybridized carbons (Fsp3) is 0. The first-order chi connectivity index (χ1) is 6.27. The molecule has 14 heavy (non-hydrogen) atoms. The fourth-order valence-corrected chi connectivity index (χ4v) is 2.46. The molecule has 2 aromatic rings. The molecule has 6 heteroatoms. The van der Waals surface area contributed by atoms with Crippen LogP contribution in [-0.2, 0) is 0 Å². The van der Waals surface area contributed by atoms with Crippen LogP contribution in [0.5, 0.6) is 0 Å². The molecule has 0 amide bonds. The Hall–Kier alpha value is 0.856. The van der Waals surface area contributed by atoms with E-state index in [9.17, 15) is 0 Å². The Bertz CT molecular complexity index is 516. The molecule has 2 rings (SSSR count). The zero-order chi connectivity index (χ0) is 9.26. The van der Waals surface area contributed by atoms with E-state index in [0.717, 1.165) is 9.64 Å². The van der Waals surface area contributed by atoms with E-state index in [-0.39, 0.29) is 52.8 Å². The first-order valence-electron chi connectivity index (χ1n) is 3.65. The summed E-state index contributed by atoms with van der Waals surface area (Å²) in [6.45, 7) is 0. The fourth-order valence-electron chi connectivity index (χ4n) is 1.03. The molecule has 1 aromatic carbocycles. The van der Waals surface area contributed by atoms with Crippen LogP contribution in [-0.4, -0.2) is 9.78 Å². The number of H-pyrrole nitrogens is 1. The monoisotopic (exact) mass is 266 g/mol. The van der Waals surface area contributed by atoms with E-state index in [2.05, 4.69) is 5.10 Å². The minimum atomic E-state index is 0. The second kappa shape index (κ2) is 5.81. The van der Waals surface area contributed by atoms with Crippen molar-refractivity contribution >= 4 is 35.8 Å². The van der Waals surface area contributed by atoms with E-state index in [1.54, 1.807) is 0 Å². The zero-order valence-electron chi connectivity index (χ0n) is 8.56. The molecule has 68 valence electrons. The van der Waals surface area contributed by atoms with Gasteiger partial charge in [0.1, 0.15) is 0 Å². The molecule has 0 fully saturated rings. The van der Waals surface area contributed by atoms with Crippen LogP contribution in [0, 0.1) is 7.91 Å². The number of benzene rings is 1. The van der Waals surface area contributed by atoms with Crippen LogP contribution in [0.4, 0.5) is 0 Å². The van der Waals surface area contributed by atoms with Gasteiger partial charge in [-0.2, -0.15) is 0 Å². The van der Waals surface area contributed by atoms with Gasteiger partial charge in [-0.1, -0.05) is 29.5 Å². The predicted octanol–water partition coefficient (Wildman–Crippen LogP) is 0.442. The van der Waals surface area contributed by atoms with Crippen LogP contribution in [0.2, 0.25) is 0 Å². The maximum Gasteiger partial charge on any atom is 1.00 e. The minimum Gasteiger partial charge on any atom is -1.00 e. The van der Waals surface area contributed by atoms with E-state index in [1.807, 2.05) is 35.0 Å². The summed E-state index contributed by atoms with van der Waals surface area (Å²) >= 11 is 11.5. The number of nitrogens with zero attached hydrogens (tertiary/aromatic N) is 1. The number of hydrogen-bond acceptors (Lipinski definition) is 3. The standard InChI is InChI=1S/C8H6N2S3.K.H/c11-7-9-10(8(12)13-7)6-4-2-1-3-5-6;;/h1-5H,(H,9,11);;/q;+1;-1. The topological polar surface area (TPSA) is 20.7 Å². The number of aromatic amines is 1. The Morgan fingerprint density at radius 3 is 2.36 bits per heavy atom. The summed E-state index contributed by atoms with van der Waals surface area (Å²) in [6.07, 6.45) is 0. The second-order valence-electron chi connectivity index (χ2n) is 2.44. The molecule has 0 spiro atoms. The van der Waals surface area contributed by atoms with Crippen molar-refractivity contribution in [3.63, 3.8) is 0 Å². The number of aromatic nitrogens is 2. The number of para-hydroxylation sites is 1. The normalized spacial score (nSPS) is 9.43. The van der Waals surface area contributed by atoms with Crippen LogP contribution in [0.15, 0.2) is 30.3 Å². The maximum absolute atomic E-state index is 5.14. The second-order valence-corrected chi connectivity index (χ2v) is 4.75. The van der Waals surface area contributed by atoms with Gasteiger partial charge < -0.3 is 1.43 Å². The summed E-state index contributed by atoms with van der Waals surface area (Å²) < 4.78 is 3.26. The van der Waals surface area contributed by atoms with Crippen molar-refractivity contribution in [2.24, 2.45) is 0 Å². The molecule has 0 aliphatic carbocycles. The van der Waals surface area contributed by atoms with Gasteiger partial charge in [-0.15, -0.1) is 0 Å². The van der Waals surface area contributed by atoms with Crippen molar-refractivity contribution in [1.29, 1.82) is 0 Å². The third-order valence-corrected chi connectivity index (χ3v) is 2.99. The van der Waals surface area contributed by atoms with Gasteiger partial charge in [-0.05, 0) is 36.6 Å². The van der Waals surface area contributed by atoms with Gasteiger partial charge in [0.25, 0.3) is 0 Å². The van der Waals surface area contributed by atoms with E-state index >= 15 is 0 Å². The Labute approximate surface area is 140 Å². The third-order valence-electron chi connectivity index (χ3n) is 1.58. The molecule has 0 aliphatic rings. The Kier molecular flexibility index (Phi) is 5.36. The van der Waals surface area contributed by atoms with Gasteiger partial charge in [0.05, 0.1) is 5.69 Å². The Balaban J connectivity index is 0.000000980. The van der Waals surface area contributed by atoms with Crippen molar-refractivity contribution < 1.29 is 52.8 Å². The van der Waals surface area contributed by atoms with Crippen LogP contribution in [0.3, 0.4) is 0 Å². The van der Waals surface area contributed by atoms with Crippen molar-refractivity contribution in [2.45, 2.75) is 0 Å². The molecule has 2 nitrogen and oxygen atoms in total. The summed E-state index contributed by atoms with van der Waals surface area (Å²) in [6, 6.07) is 9.85. The van der Waals surface area contributed by atoms with Gasteiger partial charge in [-0.3, -0.25) is 5.10 Å². The smallest absolute Gasteiger partial charge is 1.00 e. The first kappa shape index (κ1) is 12.9. The van der Waals surface area contributed by atoms with Crippen LogP contribution < -0.4 is 51.4 Å². The van der Waals surface area contributed by atoms with Crippen LogP contribution in [0.1, 0.15) is 1.43 Å².